The average molecular weight is 246 g/mol. The summed E-state index contributed by atoms with van der Waals surface area (Å²) in [5.41, 5.74) is 0.887. The maximum absolute atomic E-state index is 12.0. The lowest BCUT2D eigenvalue weighted by atomic mass is 9.86. The Morgan fingerprint density at radius 1 is 1.28 bits per heavy atom. The molecule has 2 aliphatic rings. The molecule has 0 unspecified atom stereocenters. The van der Waals surface area contributed by atoms with Gasteiger partial charge in [0.25, 0.3) is 0 Å². The molecule has 1 saturated carbocycles. The van der Waals surface area contributed by atoms with Crippen LogP contribution in [0.15, 0.2) is 30.3 Å². The fourth-order valence-corrected chi connectivity index (χ4v) is 3.01. The molecule has 0 bridgehead atoms. The SMILES string of the molecule is C[C@@H]1CCC[C@@]2(C1)OC(=O)[C@@H](c1ccccc1)O2. The number of esters is 1. The second-order valence-corrected chi connectivity index (χ2v) is 5.44. The summed E-state index contributed by atoms with van der Waals surface area (Å²) >= 11 is 0. The van der Waals surface area contributed by atoms with Crippen molar-refractivity contribution in [1.29, 1.82) is 0 Å². The Kier molecular flexibility index (Phi) is 2.86. The normalized spacial score (nSPS) is 35.7. The van der Waals surface area contributed by atoms with Crippen LogP contribution in [0.4, 0.5) is 0 Å². The summed E-state index contributed by atoms with van der Waals surface area (Å²) in [6, 6.07) is 9.59. The fraction of sp³-hybridized carbons (Fsp3) is 0.533. The van der Waals surface area contributed by atoms with Gasteiger partial charge in [-0.25, -0.2) is 4.79 Å². The quantitative estimate of drug-likeness (QED) is 0.714. The van der Waals surface area contributed by atoms with Crippen molar-refractivity contribution in [3.05, 3.63) is 35.9 Å². The lowest BCUT2D eigenvalue weighted by molar-refractivity contribution is -0.198. The first-order valence-corrected chi connectivity index (χ1v) is 6.64. The van der Waals surface area contributed by atoms with Crippen LogP contribution >= 0.6 is 0 Å². The van der Waals surface area contributed by atoms with Gasteiger partial charge in [0.2, 0.25) is 5.79 Å². The second-order valence-electron chi connectivity index (χ2n) is 5.44. The molecule has 1 aromatic carbocycles. The van der Waals surface area contributed by atoms with Gasteiger partial charge in [0, 0.05) is 12.8 Å². The van der Waals surface area contributed by atoms with Gasteiger partial charge in [-0.1, -0.05) is 43.7 Å². The van der Waals surface area contributed by atoms with Crippen molar-refractivity contribution in [3.63, 3.8) is 0 Å². The van der Waals surface area contributed by atoms with Crippen LogP contribution in [0.1, 0.15) is 44.3 Å². The fourth-order valence-electron chi connectivity index (χ4n) is 3.01. The zero-order valence-corrected chi connectivity index (χ0v) is 10.6. The van der Waals surface area contributed by atoms with E-state index in [1.807, 2.05) is 30.3 Å². The lowest BCUT2D eigenvalue weighted by Crippen LogP contribution is -2.36. The number of carbonyl (C=O) groups excluding carboxylic acids is 1. The molecule has 96 valence electrons. The molecule has 1 aliphatic heterocycles. The van der Waals surface area contributed by atoms with Gasteiger partial charge < -0.3 is 9.47 Å². The van der Waals surface area contributed by atoms with E-state index in [9.17, 15) is 4.79 Å². The van der Waals surface area contributed by atoms with E-state index in [0.717, 1.165) is 24.8 Å². The Morgan fingerprint density at radius 3 is 2.78 bits per heavy atom. The minimum Gasteiger partial charge on any atom is -0.431 e. The van der Waals surface area contributed by atoms with Gasteiger partial charge in [-0.3, -0.25) is 0 Å². The minimum atomic E-state index is -0.657. The van der Waals surface area contributed by atoms with Gasteiger partial charge >= 0.3 is 5.97 Å². The van der Waals surface area contributed by atoms with Crippen LogP contribution in [0.25, 0.3) is 0 Å². The molecule has 1 spiro atoms. The lowest BCUT2D eigenvalue weighted by Gasteiger charge is -2.34. The average Bonchev–Trinajstić information content (AvgIpc) is 2.67. The molecule has 1 saturated heterocycles. The highest BCUT2D eigenvalue weighted by atomic mass is 16.8. The molecule has 18 heavy (non-hydrogen) atoms. The standard InChI is InChI=1S/C15H18O3/c1-11-6-5-9-15(10-11)17-13(14(16)18-15)12-7-3-2-4-8-12/h2-4,7-8,11,13H,5-6,9-10H2,1H3/t11-,13-,15+/m1/s1. The third kappa shape index (κ3) is 2.03. The second kappa shape index (κ2) is 4.39. The van der Waals surface area contributed by atoms with Crippen LogP contribution in [0, 0.1) is 5.92 Å². The molecular formula is C15H18O3. The predicted molar refractivity (Wildman–Crippen MR) is 66.7 cm³/mol. The van der Waals surface area contributed by atoms with E-state index in [1.54, 1.807) is 0 Å². The summed E-state index contributed by atoms with van der Waals surface area (Å²) in [7, 11) is 0. The first-order valence-electron chi connectivity index (χ1n) is 6.64. The summed E-state index contributed by atoms with van der Waals surface area (Å²) in [6.45, 7) is 2.19. The third-order valence-corrected chi connectivity index (χ3v) is 3.85. The smallest absolute Gasteiger partial charge is 0.342 e. The molecule has 1 aromatic rings. The van der Waals surface area contributed by atoms with Gasteiger partial charge in [0.15, 0.2) is 6.10 Å². The molecule has 1 aliphatic carbocycles. The van der Waals surface area contributed by atoms with Gasteiger partial charge in [-0.05, 0) is 17.9 Å². The van der Waals surface area contributed by atoms with E-state index < -0.39 is 11.9 Å². The van der Waals surface area contributed by atoms with E-state index in [4.69, 9.17) is 9.47 Å². The zero-order chi connectivity index (χ0) is 12.6. The molecule has 3 atom stereocenters. The third-order valence-electron chi connectivity index (χ3n) is 3.85. The van der Waals surface area contributed by atoms with Gasteiger partial charge in [0.05, 0.1) is 0 Å². The Balaban J connectivity index is 1.82. The van der Waals surface area contributed by atoms with Crippen molar-refractivity contribution >= 4 is 5.97 Å². The highest BCUT2D eigenvalue weighted by molar-refractivity contribution is 5.78. The van der Waals surface area contributed by atoms with Crippen molar-refractivity contribution in [2.24, 2.45) is 5.92 Å². The topological polar surface area (TPSA) is 35.5 Å². The molecule has 2 fully saturated rings. The molecule has 1 heterocycles. The first kappa shape index (κ1) is 11.7. The predicted octanol–water partition coefficient (Wildman–Crippen LogP) is 3.21. The van der Waals surface area contributed by atoms with Crippen molar-refractivity contribution in [2.45, 2.75) is 44.5 Å². The van der Waals surface area contributed by atoms with Crippen LogP contribution in [-0.4, -0.2) is 11.8 Å². The van der Waals surface area contributed by atoms with Crippen molar-refractivity contribution in [3.8, 4) is 0 Å². The summed E-state index contributed by atoms with van der Waals surface area (Å²) in [5, 5.41) is 0. The molecule has 3 rings (SSSR count). The first-order chi connectivity index (χ1) is 8.69. The molecule has 0 aromatic heterocycles. The van der Waals surface area contributed by atoms with Gasteiger partial charge in [0.1, 0.15) is 0 Å². The Morgan fingerprint density at radius 2 is 2.06 bits per heavy atom. The van der Waals surface area contributed by atoms with Gasteiger partial charge in [-0.2, -0.15) is 0 Å². The van der Waals surface area contributed by atoms with Crippen LogP contribution < -0.4 is 0 Å². The van der Waals surface area contributed by atoms with E-state index in [2.05, 4.69) is 6.92 Å². The Labute approximate surface area is 107 Å². The van der Waals surface area contributed by atoms with E-state index in [1.165, 1.54) is 6.42 Å². The minimum absolute atomic E-state index is 0.240. The number of ether oxygens (including phenoxy) is 2. The summed E-state index contributed by atoms with van der Waals surface area (Å²) in [4.78, 5) is 12.0. The van der Waals surface area contributed by atoms with Crippen molar-refractivity contribution < 1.29 is 14.3 Å². The monoisotopic (exact) mass is 246 g/mol. The summed E-state index contributed by atoms with van der Waals surface area (Å²) in [5.74, 6) is -0.341. The largest absolute Gasteiger partial charge is 0.431 e. The van der Waals surface area contributed by atoms with Crippen molar-refractivity contribution in [2.75, 3.05) is 0 Å². The van der Waals surface area contributed by atoms with E-state index in [-0.39, 0.29) is 5.97 Å². The molecule has 3 heteroatoms. The maximum Gasteiger partial charge on any atom is 0.342 e. The number of hydrogen-bond donors (Lipinski definition) is 0. The van der Waals surface area contributed by atoms with Crippen LogP contribution in [0.2, 0.25) is 0 Å². The van der Waals surface area contributed by atoms with Crippen LogP contribution in [0.3, 0.4) is 0 Å². The number of rotatable bonds is 1. The van der Waals surface area contributed by atoms with Crippen LogP contribution in [-0.2, 0) is 14.3 Å². The summed E-state index contributed by atoms with van der Waals surface area (Å²) < 4.78 is 11.6. The summed E-state index contributed by atoms with van der Waals surface area (Å²) in [6.07, 6.45) is 3.36. The number of carbonyl (C=O) groups is 1. The Bertz CT molecular complexity index is 442. The van der Waals surface area contributed by atoms with E-state index >= 15 is 0 Å². The van der Waals surface area contributed by atoms with E-state index in [0.29, 0.717) is 5.92 Å². The Hall–Kier alpha value is -1.35. The van der Waals surface area contributed by atoms with Crippen LogP contribution in [0.5, 0.6) is 0 Å². The van der Waals surface area contributed by atoms with Crippen molar-refractivity contribution in [1.82, 2.24) is 0 Å². The highest BCUT2D eigenvalue weighted by Gasteiger charge is 2.50. The molecule has 0 N–H and O–H groups in total. The molecular weight excluding hydrogens is 228 g/mol. The number of benzene rings is 1. The molecule has 0 radical (unpaired) electrons. The number of hydrogen-bond acceptors (Lipinski definition) is 3. The van der Waals surface area contributed by atoms with Gasteiger partial charge in [-0.15, -0.1) is 0 Å². The maximum atomic E-state index is 12.0. The zero-order valence-electron chi connectivity index (χ0n) is 10.6. The molecule has 3 nitrogen and oxygen atoms in total. The highest BCUT2D eigenvalue weighted by Crippen LogP contribution is 2.44. The molecule has 0 amide bonds.